The Labute approximate surface area is 89.1 Å². The molecule has 0 amide bonds. The Hall–Kier alpha value is -0.820. The normalized spacial score (nSPS) is 7.86. The first-order valence-corrected chi connectivity index (χ1v) is 5.06. The fourth-order valence-corrected chi connectivity index (χ4v) is 0.663. The minimum atomic E-state index is 1.25. The van der Waals surface area contributed by atoms with Crippen LogP contribution in [0, 0.1) is 13.8 Å². The molecule has 0 fully saturated rings. The summed E-state index contributed by atoms with van der Waals surface area (Å²) in [6.45, 7) is 8.49. The van der Waals surface area contributed by atoms with E-state index in [1.807, 2.05) is 0 Å². The highest BCUT2D eigenvalue weighted by Gasteiger charge is 1.83. The van der Waals surface area contributed by atoms with Gasteiger partial charge in [0, 0.05) is 14.2 Å². The molecule has 0 spiro atoms. The maximum absolute atomic E-state index is 4.25. The molecule has 1 nitrogen and oxygen atoms in total. The van der Waals surface area contributed by atoms with Gasteiger partial charge in [-0.15, -0.1) is 0 Å². The van der Waals surface area contributed by atoms with Gasteiger partial charge in [0.1, 0.15) is 0 Å². The Morgan fingerprint density at radius 3 is 1.29 bits per heavy atom. The van der Waals surface area contributed by atoms with Gasteiger partial charge >= 0.3 is 0 Å². The molecule has 1 rings (SSSR count). The van der Waals surface area contributed by atoms with Gasteiger partial charge in [-0.3, -0.25) is 0 Å². The molecule has 0 heterocycles. The Bertz CT molecular complexity index is 183. The minimum absolute atomic E-state index is 1.25. The van der Waals surface area contributed by atoms with E-state index >= 15 is 0 Å². The third kappa shape index (κ3) is 11.2. The predicted molar refractivity (Wildman–Crippen MR) is 64.8 cm³/mol. The molecule has 14 heavy (non-hydrogen) atoms. The molecule has 0 radical (unpaired) electrons. The summed E-state index contributed by atoms with van der Waals surface area (Å²) in [5, 5.41) is 0. The molecule has 82 valence electrons. The smallest absolute Gasteiger partial charge is 0.0351 e. The molecule has 0 aromatic heterocycles. The van der Waals surface area contributed by atoms with Gasteiger partial charge in [-0.1, -0.05) is 44.5 Å². The number of rotatable bonds is 0. The average Bonchev–Trinajstić information content (AvgIpc) is 2.13. The second-order valence-corrected chi connectivity index (χ2v) is 3.20. The Balaban J connectivity index is 0. The van der Waals surface area contributed by atoms with E-state index in [0.717, 1.165) is 0 Å². The molecule has 0 atom stereocenters. The van der Waals surface area contributed by atoms with Crippen LogP contribution in [0.2, 0.25) is 0 Å². The fourth-order valence-electron chi connectivity index (χ4n) is 0.663. The molecule has 0 bridgehead atoms. The minimum Gasteiger partial charge on any atom is -0.388 e. The maximum atomic E-state index is 4.25. The van der Waals surface area contributed by atoms with Gasteiger partial charge in [0.25, 0.3) is 0 Å². The van der Waals surface area contributed by atoms with E-state index in [1.165, 1.54) is 17.5 Å². The van der Waals surface area contributed by atoms with Crippen LogP contribution in [0.4, 0.5) is 0 Å². The number of hydrogen-bond acceptors (Lipinski definition) is 1. The third-order valence-electron chi connectivity index (χ3n) is 1.43. The second-order valence-electron chi connectivity index (χ2n) is 3.20. The summed E-state index contributed by atoms with van der Waals surface area (Å²) >= 11 is 0. The molecule has 0 saturated carbocycles. The van der Waals surface area contributed by atoms with Crippen molar-refractivity contribution in [2.75, 3.05) is 14.2 Å². The summed E-state index contributed by atoms with van der Waals surface area (Å²) in [6.07, 6.45) is 1.25. The molecule has 0 unspecified atom stereocenters. The van der Waals surface area contributed by atoms with Gasteiger partial charge in [-0.05, 0) is 25.0 Å². The number of benzene rings is 1. The molecule has 0 aliphatic rings. The lowest BCUT2D eigenvalue weighted by molar-refractivity contribution is 0.277. The van der Waals surface area contributed by atoms with E-state index in [4.69, 9.17) is 0 Å². The van der Waals surface area contributed by atoms with Crippen LogP contribution in [0.3, 0.4) is 0 Å². The topological polar surface area (TPSA) is 9.23 Å². The molecule has 0 aliphatic heterocycles. The summed E-state index contributed by atoms with van der Waals surface area (Å²) < 4.78 is 4.25. The highest BCUT2D eigenvalue weighted by atomic mass is 16.4. The van der Waals surface area contributed by atoms with Crippen LogP contribution in [-0.4, -0.2) is 14.2 Å². The van der Waals surface area contributed by atoms with Crippen LogP contribution >= 0.6 is 0 Å². The molecule has 1 aromatic carbocycles. The Morgan fingerprint density at radius 1 is 0.929 bits per heavy atom. The zero-order chi connectivity index (χ0) is 11.4. The number of ether oxygens (including phenoxy) is 1. The first kappa shape index (κ1) is 15.6. The van der Waals surface area contributed by atoms with Gasteiger partial charge in [-0.2, -0.15) is 0 Å². The van der Waals surface area contributed by atoms with Gasteiger partial charge in [0.15, 0.2) is 0 Å². The van der Waals surface area contributed by atoms with Crippen molar-refractivity contribution in [2.45, 2.75) is 34.1 Å². The molecule has 0 saturated heterocycles. The van der Waals surface area contributed by atoms with Crippen LogP contribution in [0.25, 0.3) is 0 Å². The van der Waals surface area contributed by atoms with E-state index in [-0.39, 0.29) is 0 Å². The average molecular weight is 196 g/mol. The van der Waals surface area contributed by atoms with Gasteiger partial charge < -0.3 is 4.74 Å². The Morgan fingerprint density at radius 2 is 1.14 bits per heavy atom. The van der Waals surface area contributed by atoms with Crippen LogP contribution in [0.1, 0.15) is 31.4 Å². The van der Waals surface area contributed by atoms with E-state index in [1.54, 1.807) is 14.2 Å². The molecule has 1 aromatic rings. The van der Waals surface area contributed by atoms with E-state index in [2.05, 4.69) is 56.7 Å². The molecular weight excluding hydrogens is 172 g/mol. The lowest BCUT2D eigenvalue weighted by atomic mass is 10.1. The highest BCUT2D eigenvalue weighted by molar-refractivity contribution is 5.23. The predicted octanol–water partition coefficient (Wildman–Crippen LogP) is 3.98. The van der Waals surface area contributed by atoms with E-state index < -0.39 is 0 Å². The van der Waals surface area contributed by atoms with Gasteiger partial charge in [-0.25, -0.2) is 0 Å². The number of methoxy groups -OCH3 is 1. The Kier molecular flexibility index (Phi) is 13.6. The molecule has 0 N–H and O–H groups in total. The van der Waals surface area contributed by atoms with Crippen molar-refractivity contribution in [3.63, 3.8) is 0 Å². The highest BCUT2D eigenvalue weighted by Crippen LogP contribution is 2.02. The second kappa shape index (κ2) is 12.2. The van der Waals surface area contributed by atoms with E-state index in [0.29, 0.717) is 0 Å². The van der Waals surface area contributed by atoms with Crippen molar-refractivity contribution in [3.8, 4) is 0 Å². The summed E-state index contributed by atoms with van der Waals surface area (Å²) in [6, 6.07) is 8.36. The molecular formula is C13H24O. The first-order chi connectivity index (χ1) is 6.63. The van der Waals surface area contributed by atoms with Crippen molar-refractivity contribution in [2.24, 2.45) is 0 Å². The monoisotopic (exact) mass is 196 g/mol. The summed E-state index contributed by atoms with van der Waals surface area (Å²) in [7, 11) is 3.25. The molecule has 0 aliphatic carbocycles. The summed E-state index contributed by atoms with van der Waals surface area (Å²) in [5.41, 5.74) is 2.74. The SMILES string of the molecule is CCC.COC.Cc1ccccc1C. The largest absolute Gasteiger partial charge is 0.388 e. The quantitative estimate of drug-likeness (QED) is 0.610. The number of aryl methyl sites for hydroxylation is 2. The number of hydrogen-bond donors (Lipinski definition) is 0. The van der Waals surface area contributed by atoms with Crippen molar-refractivity contribution in [1.82, 2.24) is 0 Å². The van der Waals surface area contributed by atoms with E-state index in [9.17, 15) is 0 Å². The van der Waals surface area contributed by atoms with Gasteiger partial charge in [0.05, 0.1) is 0 Å². The summed E-state index contributed by atoms with van der Waals surface area (Å²) in [4.78, 5) is 0. The third-order valence-corrected chi connectivity index (χ3v) is 1.43. The zero-order valence-electron chi connectivity index (χ0n) is 10.4. The zero-order valence-corrected chi connectivity index (χ0v) is 10.4. The van der Waals surface area contributed by atoms with Crippen LogP contribution in [-0.2, 0) is 4.74 Å². The molecule has 1 heteroatoms. The maximum Gasteiger partial charge on any atom is 0.0351 e. The van der Waals surface area contributed by atoms with Crippen molar-refractivity contribution in [3.05, 3.63) is 35.4 Å². The lowest BCUT2D eigenvalue weighted by Gasteiger charge is -1.93. The van der Waals surface area contributed by atoms with Crippen molar-refractivity contribution >= 4 is 0 Å². The van der Waals surface area contributed by atoms with Gasteiger partial charge in [0.2, 0.25) is 0 Å². The van der Waals surface area contributed by atoms with Crippen LogP contribution in [0.5, 0.6) is 0 Å². The summed E-state index contributed by atoms with van der Waals surface area (Å²) in [5.74, 6) is 0. The fraction of sp³-hybridized carbons (Fsp3) is 0.538. The first-order valence-electron chi connectivity index (χ1n) is 5.06. The van der Waals surface area contributed by atoms with Crippen molar-refractivity contribution < 1.29 is 4.74 Å². The van der Waals surface area contributed by atoms with Crippen LogP contribution < -0.4 is 0 Å². The van der Waals surface area contributed by atoms with Crippen LogP contribution in [0.15, 0.2) is 24.3 Å². The standard InChI is InChI=1S/C8H10.C3H8.C2H6O/c1-7-5-3-4-6-8(7)2;2*1-3-2/h3-6H,1-2H3;3H2,1-2H3;1-2H3. The van der Waals surface area contributed by atoms with Crippen molar-refractivity contribution in [1.29, 1.82) is 0 Å². The lowest BCUT2D eigenvalue weighted by Crippen LogP contribution is -1.74.